The quantitative estimate of drug-likeness (QED) is 0.166. The van der Waals surface area contributed by atoms with Crippen LogP contribution in [0.25, 0.3) is 26.6 Å². The largest absolute Gasteiger partial charge is 2.00 e. The molecule has 3 N–H and O–H groups in total. The Balaban J connectivity index is 0.000000240. The molecule has 0 fully saturated rings. The minimum Gasteiger partial charge on any atom is -0.510 e. The van der Waals surface area contributed by atoms with Crippen LogP contribution in [0.4, 0.5) is 13.2 Å². The third-order valence-electron chi connectivity index (χ3n) is 4.43. The van der Waals surface area contributed by atoms with Crippen LogP contribution in [0.2, 0.25) is 0 Å². The van der Waals surface area contributed by atoms with Crippen LogP contribution in [0.1, 0.15) is 12.0 Å². The SMILES string of the molecule is O=C(/C=C/c1cc[c-]cc1)NCCC(F)(F)F.Oc1ccc(-c2[c-]c3ccc(O)cc3s2)cc1.[U+2]. The fourth-order valence-corrected chi connectivity index (χ4v) is 3.81. The number of halogens is 3. The Labute approximate surface area is 228 Å². The van der Waals surface area contributed by atoms with E-state index >= 15 is 0 Å². The minimum absolute atomic E-state index is 0. The predicted octanol–water partition coefficient (Wildman–Crippen LogP) is 6.35. The van der Waals surface area contributed by atoms with Gasteiger partial charge in [0, 0.05) is 12.6 Å². The van der Waals surface area contributed by atoms with E-state index in [2.05, 4.69) is 17.4 Å². The third kappa shape index (κ3) is 9.81. The number of alkyl halides is 3. The van der Waals surface area contributed by atoms with Crippen molar-refractivity contribution in [1.82, 2.24) is 5.32 Å². The molecule has 0 aliphatic carbocycles. The van der Waals surface area contributed by atoms with Crippen molar-refractivity contribution in [3.8, 4) is 21.9 Å². The Hall–Kier alpha value is -2.73. The summed E-state index contributed by atoms with van der Waals surface area (Å²) in [5.74, 6) is -0.0143. The number of amides is 1. The molecule has 0 saturated heterocycles. The van der Waals surface area contributed by atoms with Crippen molar-refractivity contribution >= 4 is 33.4 Å². The maximum atomic E-state index is 11.8. The van der Waals surface area contributed by atoms with Gasteiger partial charge in [-0.1, -0.05) is 34.7 Å². The summed E-state index contributed by atoms with van der Waals surface area (Å²) in [6.45, 7) is -0.407. The number of thiophene rings is 1. The van der Waals surface area contributed by atoms with E-state index in [0.717, 1.165) is 26.1 Å². The topological polar surface area (TPSA) is 69.6 Å². The molecule has 178 valence electrons. The Morgan fingerprint density at radius 2 is 1.66 bits per heavy atom. The summed E-state index contributed by atoms with van der Waals surface area (Å²) >= 11 is 1.57. The number of aromatic hydroxyl groups is 2. The van der Waals surface area contributed by atoms with E-state index in [1.807, 2.05) is 18.2 Å². The second kappa shape index (κ2) is 13.4. The summed E-state index contributed by atoms with van der Waals surface area (Å²) in [7, 11) is 0. The van der Waals surface area contributed by atoms with Gasteiger partial charge in [0.15, 0.2) is 0 Å². The van der Waals surface area contributed by atoms with Gasteiger partial charge in [-0.3, -0.25) is 4.79 Å². The summed E-state index contributed by atoms with van der Waals surface area (Å²) in [5, 5.41) is 21.8. The molecule has 0 bridgehead atoms. The molecule has 1 aromatic heterocycles. The Bertz CT molecular complexity index is 1260. The minimum atomic E-state index is -4.24. The standard InChI is InChI=1S/C14H9O2S.C12H11F3NO.U/c15-11-4-1-9(2-5-11)13-7-10-3-6-12(16)8-14(10)17-13;13-12(14,15)8-9-16-11(17)7-6-10-4-2-1-3-5-10;/h1-6,8,15-16H;2-7H,8-9H2,(H,16,17);/q2*-1;+2/b;7-6+;. The smallest absolute Gasteiger partial charge is 0.510 e. The fourth-order valence-electron chi connectivity index (χ4n) is 2.77. The van der Waals surface area contributed by atoms with Crippen molar-refractivity contribution in [2.45, 2.75) is 12.6 Å². The zero-order chi connectivity index (χ0) is 24.6. The molecule has 3 aromatic carbocycles. The summed E-state index contributed by atoms with van der Waals surface area (Å²) in [5.41, 5.74) is 1.80. The second-order valence-corrected chi connectivity index (χ2v) is 8.16. The van der Waals surface area contributed by atoms with Crippen LogP contribution in [0.5, 0.6) is 11.5 Å². The molecule has 0 unspecified atom stereocenters. The third-order valence-corrected chi connectivity index (χ3v) is 5.53. The molecule has 0 radical (unpaired) electrons. The van der Waals surface area contributed by atoms with Gasteiger partial charge in [-0.25, -0.2) is 11.3 Å². The number of fused-ring (bicyclic) bond motifs is 1. The molecule has 9 heteroatoms. The van der Waals surface area contributed by atoms with Crippen molar-refractivity contribution in [3.63, 3.8) is 0 Å². The molecule has 1 heterocycles. The Kier molecular flexibility index (Phi) is 10.9. The average Bonchev–Trinajstić information content (AvgIpc) is 3.22. The summed E-state index contributed by atoms with van der Waals surface area (Å²) in [6, 6.07) is 25.2. The first kappa shape index (κ1) is 28.5. The van der Waals surface area contributed by atoms with Crippen LogP contribution in [0, 0.1) is 43.2 Å². The second-order valence-electron chi connectivity index (χ2n) is 7.11. The normalized spacial score (nSPS) is 10.9. The number of phenolic OH excluding ortho intramolecular Hbond substituents is 2. The first-order valence-electron chi connectivity index (χ1n) is 10.1. The van der Waals surface area contributed by atoms with Crippen LogP contribution >= 0.6 is 11.3 Å². The molecule has 4 aromatic rings. The van der Waals surface area contributed by atoms with Crippen LogP contribution in [0.15, 0.2) is 72.8 Å². The van der Waals surface area contributed by atoms with Crippen molar-refractivity contribution in [2.24, 2.45) is 0 Å². The predicted molar refractivity (Wildman–Crippen MR) is 127 cm³/mol. The van der Waals surface area contributed by atoms with Crippen molar-refractivity contribution < 1.29 is 59.3 Å². The van der Waals surface area contributed by atoms with Crippen LogP contribution < -0.4 is 5.32 Å². The van der Waals surface area contributed by atoms with Gasteiger partial charge in [0.05, 0.1) is 12.2 Å². The maximum absolute atomic E-state index is 11.8. The van der Waals surface area contributed by atoms with E-state index < -0.39 is 25.0 Å². The maximum Gasteiger partial charge on any atom is 2.00 e. The van der Waals surface area contributed by atoms with Crippen LogP contribution in [-0.2, 0) is 4.79 Å². The van der Waals surface area contributed by atoms with Crippen LogP contribution in [0.3, 0.4) is 0 Å². The number of hydrogen-bond acceptors (Lipinski definition) is 4. The molecule has 0 spiro atoms. The van der Waals surface area contributed by atoms with Crippen molar-refractivity contribution in [2.75, 3.05) is 6.54 Å². The van der Waals surface area contributed by atoms with Gasteiger partial charge < -0.3 is 15.5 Å². The molecule has 0 aliphatic rings. The van der Waals surface area contributed by atoms with Gasteiger partial charge in [-0.15, -0.1) is 23.1 Å². The summed E-state index contributed by atoms with van der Waals surface area (Å²) in [6.07, 6.45) is -2.54. The van der Waals surface area contributed by atoms with E-state index in [1.54, 1.807) is 59.9 Å². The monoisotopic (exact) mass is 721 g/mol. The van der Waals surface area contributed by atoms with Gasteiger partial charge >= 0.3 is 37.3 Å². The van der Waals surface area contributed by atoms with E-state index in [1.165, 1.54) is 12.2 Å². The molecule has 4 nitrogen and oxygen atoms in total. The Morgan fingerprint density at radius 1 is 1.00 bits per heavy atom. The zero-order valence-corrected chi connectivity index (χ0v) is 23.2. The number of carbonyl (C=O) groups excluding carboxylic acids is 1. The van der Waals surface area contributed by atoms with Gasteiger partial charge in [0.2, 0.25) is 5.91 Å². The van der Waals surface area contributed by atoms with Crippen LogP contribution in [-0.4, -0.2) is 28.8 Å². The molecule has 4 rings (SSSR count). The van der Waals surface area contributed by atoms with Crippen molar-refractivity contribution in [3.05, 3.63) is 90.5 Å². The zero-order valence-electron chi connectivity index (χ0n) is 18.3. The molecule has 1 amide bonds. The summed E-state index contributed by atoms with van der Waals surface area (Å²) < 4.78 is 36.4. The van der Waals surface area contributed by atoms with E-state index in [4.69, 9.17) is 0 Å². The average molecular weight is 722 g/mol. The molecule has 0 aliphatic heterocycles. The molecule has 0 saturated carbocycles. The number of hydrogen-bond donors (Lipinski definition) is 3. The summed E-state index contributed by atoms with van der Waals surface area (Å²) in [4.78, 5) is 12.1. The fraction of sp³-hybridized carbons (Fsp3) is 0.115. The Morgan fingerprint density at radius 3 is 2.31 bits per heavy atom. The number of nitrogens with one attached hydrogen (secondary N) is 1. The molecule has 35 heavy (non-hydrogen) atoms. The van der Waals surface area contributed by atoms with Crippen molar-refractivity contribution in [1.29, 1.82) is 0 Å². The first-order valence-corrected chi connectivity index (χ1v) is 10.9. The molecule has 0 atom stereocenters. The molecular formula is C26H20F3NO3SU. The number of benzene rings is 3. The van der Waals surface area contributed by atoms with Gasteiger partial charge in [-0.2, -0.15) is 43.5 Å². The van der Waals surface area contributed by atoms with Gasteiger partial charge in [0.1, 0.15) is 5.75 Å². The molecular weight excluding hydrogens is 701 g/mol. The number of phenols is 2. The van der Waals surface area contributed by atoms with E-state index in [9.17, 15) is 28.2 Å². The first-order chi connectivity index (χ1) is 16.2. The van der Waals surface area contributed by atoms with E-state index in [0.29, 0.717) is 0 Å². The van der Waals surface area contributed by atoms with Gasteiger partial charge in [0.25, 0.3) is 0 Å². The van der Waals surface area contributed by atoms with Gasteiger partial charge in [-0.05, 0) is 22.9 Å². The number of carbonyl (C=O) groups is 1. The number of rotatable bonds is 5. The van der Waals surface area contributed by atoms with E-state index in [-0.39, 0.29) is 42.6 Å².